The van der Waals surface area contributed by atoms with E-state index in [2.05, 4.69) is 58.5 Å². The van der Waals surface area contributed by atoms with Gasteiger partial charge in [-0.05, 0) is 122 Å². The van der Waals surface area contributed by atoms with E-state index < -0.39 is 0 Å². The number of ketones is 1. The van der Waals surface area contributed by atoms with Gasteiger partial charge in [-0.15, -0.1) is 0 Å². The minimum atomic E-state index is -0.327. The van der Waals surface area contributed by atoms with Gasteiger partial charge < -0.3 is 24.7 Å². The molecule has 2 fully saturated rings. The molecule has 0 radical (unpaired) electrons. The van der Waals surface area contributed by atoms with Crippen LogP contribution in [0.4, 0.5) is 0 Å². The molecule has 2 aromatic carbocycles. The molecule has 0 bridgehead atoms. The van der Waals surface area contributed by atoms with E-state index in [1.807, 2.05) is 73.8 Å². The number of ether oxygens (including phenoxy) is 4. The molecule has 2 saturated carbocycles. The van der Waals surface area contributed by atoms with E-state index in [9.17, 15) is 9.59 Å². The molecule has 0 amide bonds. The molecule has 318 valence electrons. The van der Waals surface area contributed by atoms with Crippen LogP contribution in [0.1, 0.15) is 175 Å². The Morgan fingerprint density at radius 2 is 1.48 bits per heavy atom. The van der Waals surface area contributed by atoms with Gasteiger partial charge in [0.1, 0.15) is 17.5 Å². The molecule has 3 atom stereocenters. The zero-order chi connectivity index (χ0) is 43.3. The smallest absolute Gasteiger partial charge is 0.306 e. The highest BCUT2D eigenvalue weighted by Gasteiger charge is 2.28. The molecular formula is C49H81NO6. The zero-order valence-corrected chi connectivity index (χ0v) is 38.2. The summed E-state index contributed by atoms with van der Waals surface area (Å²) in [6.45, 7) is 32.2. The maximum absolute atomic E-state index is 12.3. The molecule has 0 saturated heterocycles. The van der Waals surface area contributed by atoms with Gasteiger partial charge in [0.2, 0.25) is 0 Å². The lowest BCUT2D eigenvalue weighted by molar-refractivity contribution is -0.154. The zero-order valence-electron chi connectivity index (χ0n) is 38.2. The molecule has 0 aliphatic heterocycles. The van der Waals surface area contributed by atoms with Crippen LogP contribution in [0.3, 0.4) is 0 Å². The van der Waals surface area contributed by atoms with Crippen molar-refractivity contribution in [2.75, 3.05) is 13.7 Å². The van der Waals surface area contributed by atoms with Gasteiger partial charge >= 0.3 is 5.97 Å². The Bertz CT molecular complexity index is 1420. The second-order valence-corrected chi connectivity index (χ2v) is 14.7. The number of carbonyl (C=O) groups excluding carboxylic acids is 2. The summed E-state index contributed by atoms with van der Waals surface area (Å²) < 4.78 is 22.0. The first kappa shape index (κ1) is 54.1. The molecule has 2 aliphatic rings. The standard InChI is InChI=1S/C21H29NO3.C13H16O.C8H16O2.C3H8.2C2H6/c1-14(15(2)22)21(23)17-9-11-19(12-10-17)25-13-18-7-5-6-8-20(18)16(3)24-4;1-10-5-3-4-6-13(10)11(2)14-9-12-7-8-12;1-5-6-7(9)10-8(2,3)4;1-3-2;2*1-2/h9-12,18,20H,3,5-8,13,22H2,1-2,4H3;3-6,9,11H,7-8H2,1-2H3;5-6H2,1-4H3;3H2,1-2H3;2*1-2H3/b15-14-;;;;;. The fourth-order valence-corrected chi connectivity index (χ4v) is 5.38. The summed E-state index contributed by atoms with van der Waals surface area (Å²) >= 11 is 0. The van der Waals surface area contributed by atoms with E-state index in [0.29, 0.717) is 41.7 Å². The Hall–Kier alpha value is -4.00. The first-order valence-electron chi connectivity index (χ1n) is 21.1. The quantitative estimate of drug-likeness (QED) is 0.0991. The van der Waals surface area contributed by atoms with Crippen LogP contribution in [-0.4, -0.2) is 31.1 Å². The van der Waals surface area contributed by atoms with E-state index in [1.165, 1.54) is 48.8 Å². The topological polar surface area (TPSA) is 97.1 Å². The normalized spacial score (nSPS) is 16.1. The number of allylic oxidation sites excluding steroid dienone is 4. The minimum Gasteiger partial charge on any atom is -0.501 e. The van der Waals surface area contributed by atoms with Gasteiger partial charge in [-0.3, -0.25) is 9.59 Å². The van der Waals surface area contributed by atoms with Crippen molar-refractivity contribution >= 4 is 11.8 Å². The molecule has 56 heavy (non-hydrogen) atoms. The predicted molar refractivity (Wildman–Crippen MR) is 238 cm³/mol. The van der Waals surface area contributed by atoms with Crippen LogP contribution in [0.2, 0.25) is 0 Å². The number of benzene rings is 2. The fourth-order valence-electron chi connectivity index (χ4n) is 5.38. The van der Waals surface area contributed by atoms with E-state index >= 15 is 0 Å². The van der Waals surface area contributed by atoms with Crippen molar-refractivity contribution in [3.63, 3.8) is 0 Å². The van der Waals surface area contributed by atoms with Crippen molar-refractivity contribution in [2.45, 2.75) is 166 Å². The molecule has 3 unspecified atom stereocenters. The van der Waals surface area contributed by atoms with E-state index in [4.69, 9.17) is 24.7 Å². The number of rotatable bonds is 12. The van der Waals surface area contributed by atoms with Crippen LogP contribution in [0.25, 0.3) is 0 Å². The van der Waals surface area contributed by atoms with Crippen LogP contribution >= 0.6 is 0 Å². The van der Waals surface area contributed by atoms with Gasteiger partial charge in [0.05, 0.1) is 25.7 Å². The highest BCUT2D eigenvalue weighted by Crippen LogP contribution is 2.35. The summed E-state index contributed by atoms with van der Waals surface area (Å²) in [6, 6.07) is 15.6. The Kier molecular flexibility index (Phi) is 30.1. The summed E-state index contributed by atoms with van der Waals surface area (Å²) in [5, 5.41) is 0. The molecule has 0 aromatic heterocycles. The number of hydrogen-bond acceptors (Lipinski definition) is 7. The largest absolute Gasteiger partial charge is 0.501 e. The van der Waals surface area contributed by atoms with Gasteiger partial charge in [-0.25, -0.2) is 0 Å². The highest BCUT2D eigenvalue weighted by atomic mass is 16.6. The fraction of sp³-hybridized carbons (Fsp3) is 0.592. The second-order valence-electron chi connectivity index (χ2n) is 14.7. The number of hydrogen-bond donors (Lipinski definition) is 1. The number of Topliss-reactive ketones (excluding diaryl/α,β-unsaturated/α-hetero) is 1. The van der Waals surface area contributed by atoms with Gasteiger partial charge in [0, 0.05) is 35.1 Å². The summed E-state index contributed by atoms with van der Waals surface area (Å²) in [6.07, 6.45) is 11.8. The Labute approximate surface area is 343 Å². The predicted octanol–water partition coefficient (Wildman–Crippen LogP) is 13.8. The Balaban J connectivity index is 0. The second kappa shape index (κ2) is 31.1. The van der Waals surface area contributed by atoms with Crippen molar-refractivity contribution in [1.82, 2.24) is 0 Å². The molecule has 2 aromatic rings. The average Bonchev–Trinajstić information content (AvgIpc) is 4.02. The number of carbonyl (C=O) groups is 2. The number of aryl methyl sites for hydroxylation is 1. The van der Waals surface area contributed by atoms with Crippen LogP contribution in [-0.2, 0) is 19.0 Å². The van der Waals surface area contributed by atoms with Crippen molar-refractivity contribution < 1.29 is 28.5 Å². The lowest BCUT2D eigenvalue weighted by Crippen LogP contribution is -2.27. The maximum atomic E-state index is 12.3. The Morgan fingerprint density at radius 3 is 1.96 bits per heavy atom. The summed E-state index contributed by atoms with van der Waals surface area (Å²) in [4.78, 5) is 23.1. The summed E-state index contributed by atoms with van der Waals surface area (Å²) in [5.74, 6) is 2.27. The third-order valence-electron chi connectivity index (χ3n) is 8.58. The van der Waals surface area contributed by atoms with Gasteiger partial charge in [-0.1, -0.05) is 98.6 Å². The molecule has 0 spiro atoms. The molecular weight excluding hydrogens is 699 g/mol. The third-order valence-corrected chi connectivity index (χ3v) is 8.58. The van der Waals surface area contributed by atoms with E-state index in [0.717, 1.165) is 30.8 Å². The van der Waals surface area contributed by atoms with Crippen molar-refractivity contribution in [3.05, 3.63) is 101 Å². The van der Waals surface area contributed by atoms with Crippen LogP contribution in [0.15, 0.2) is 84.0 Å². The van der Waals surface area contributed by atoms with Crippen molar-refractivity contribution in [2.24, 2.45) is 17.6 Å². The highest BCUT2D eigenvalue weighted by molar-refractivity contribution is 6.08. The maximum Gasteiger partial charge on any atom is 0.306 e. The van der Waals surface area contributed by atoms with Crippen LogP contribution in [0.5, 0.6) is 5.75 Å². The number of methoxy groups -OCH3 is 1. The van der Waals surface area contributed by atoms with Gasteiger partial charge in [0.15, 0.2) is 5.78 Å². The van der Waals surface area contributed by atoms with E-state index in [1.54, 1.807) is 33.1 Å². The molecule has 2 aliphatic carbocycles. The molecule has 4 rings (SSSR count). The van der Waals surface area contributed by atoms with Gasteiger partial charge in [-0.2, -0.15) is 0 Å². The van der Waals surface area contributed by atoms with Crippen molar-refractivity contribution in [3.8, 4) is 5.75 Å². The lowest BCUT2D eigenvalue weighted by Gasteiger charge is -2.31. The first-order chi connectivity index (χ1) is 26.6. The minimum absolute atomic E-state index is 0.0460. The van der Waals surface area contributed by atoms with Gasteiger partial charge in [0.25, 0.3) is 0 Å². The number of nitrogens with two attached hydrogens (primary N) is 1. The molecule has 0 heterocycles. The van der Waals surface area contributed by atoms with E-state index in [-0.39, 0.29) is 23.5 Å². The summed E-state index contributed by atoms with van der Waals surface area (Å²) in [5.41, 5.74) is 11.1. The molecule has 7 heteroatoms. The van der Waals surface area contributed by atoms with Crippen LogP contribution in [0, 0.1) is 18.8 Å². The Morgan fingerprint density at radius 1 is 0.929 bits per heavy atom. The first-order valence-corrected chi connectivity index (χ1v) is 21.1. The SMILES string of the molecule is C=C(OC)C1CCCCC1COc1ccc(C(=O)/C(C)=C(/C)N)cc1.CC.CC.CCC.CCCC(=O)OC(C)(C)C.Cc1ccccc1C(C)OC=C1CC1. The lowest BCUT2D eigenvalue weighted by atomic mass is 9.79. The molecule has 2 N–H and O–H groups in total. The third kappa shape index (κ3) is 23.8. The number of esters is 1. The monoisotopic (exact) mass is 780 g/mol. The average molecular weight is 780 g/mol. The van der Waals surface area contributed by atoms with Crippen molar-refractivity contribution in [1.29, 1.82) is 0 Å². The molecule has 7 nitrogen and oxygen atoms in total. The summed E-state index contributed by atoms with van der Waals surface area (Å²) in [7, 11) is 1.68. The van der Waals surface area contributed by atoms with Crippen LogP contribution < -0.4 is 10.5 Å².